The Bertz CT molecular complexity index is 304. The van der Waals surface area contributed by atoms with Crippen molar-refractivity contribution >= 4 is 27.5 Å². The van der Waals surface area contributed by atoms with Crippen LogP contribution in [0.25, 0.3) is 0 Å². The highest BCUT2D eigenvalue weighted by Crippen LogP contribution is 2.31. The Balaban J connectivity index is 2.90. The van der Waals surface area contributed by atoms with Crippen molar-refractivity contribution in [2.45, 2.75) is 13.3 Å². The van der Waals surface area contributed by atoms with Gasteiger partial charge in [0.15, 0.2) is 5.82 Å². The first kappa shape index (κ1) is 10.8. The molecule has 0 unspecified atom stereocenters. The zero-order chi connectivity index (χ0) is 9.84. The Hall–Kier alpha value is -0.280. The first-order valence-corrected chi connectivity index (χ1v) is 5.10. The van der Waals surface area contributed by atoms with Gasteiger partial charge < -0.3 is 4.74 Å². The van der Waals surface area contributed by atoms with Crippen LogP contribution in [-0.4, -0.2) is 6.61 Å². The minimum atomic E-state index is -0.477. The van der Waals surface area contributed by atoms with Crippen LogP contribution in [0.2, 0.25) is 5.02 Å². The molecule has 0 aliphatic rings. The van der Waals surface area contributed by atoms with Crippen molar-refractivity contribution in [2.75, 3.05) is 6.61 Å². The van der Waals surface area contributed by atoms with Gasteiger partial charge in [-0.05, 0) is 34.5 Å². The summed E-state index contributed by atoms with van der Waals surface area (Å²) in [5, 5.41) is 0.0304. The molecule has 0 aliphatic heterocycles. The van der Waals surface area contributed by atoms with Crippen molar-refractivity contribution < 1.29 is 9.13 Å². The molecule has 0 N–H and O–H groups in total. The van der Waals surface area contributed by atoms with E-state index >= 15 is 0 Å². The molecule has 0 aliphatic carbocycles. The summed E-state index contributed by atoms with van der Waals surface area (Å²) in [5.74, 6) is -0.0838. The second kappa shape index (κ2) is 4.82. The van der Waals surface area contributed by atoms with Crippen LogP contribution in [0.3, 0.4) is 0 Å². The predicted molar refractivity (Wildman–Crippen MR) is 54.9 cm³/mol. The molecular weight excluding hydrogens is 258 g/mol. The average molecular weight is 268 g/mol. The summed E-state index contributed by atoms with van der Waals surface area (Å²) >= 11 is 8.74. The largest absolute Gasteiger partial charge is 0.492 e. The molecule has 1 aromatic rings. The van der Waals surface area contributed by atoms with Gasteiger partial charge in [0, 0.05) is 0 Å². The molecule has 0 fully saturated rings. The topological polar surface area (TPSA) is 9.23 Å². The first-order chi connectivity index (χ1) is 6.16. The van der Waals surface area contributed by atoms with Crippen molar-refractivity contribution in [3.63, 3.8) is 0 Å². The van der Waals surface area contributed by atoms with Gasteiger partial charge >= 0.3 is 0 Å². The van der Waals surface area contributed by atoms with Gasteiger partial charge in [0.2, 0.25) is 0 Å². The van der Waals surface area contributed by atoms with Crippen LogP contribution < -0.4 is 4.74 Å². The molecule has 0 heterocycles. The third-order valence-corrected chi connectivity index (χ3v) is 2.43. The number of halogens is 3. The van der Waals surface area contributed by atoms with Gasteiger partial charge in [0.25, 0.3) is 0 Å². The Kier molecular flexibility index (Phi) is 4.00. The van der Waals surface area contributed by atoms with Crippen molar-refractivity contribution in [1.29, 1.82) is 0 Å². The standard InChI is InChI=1S/C9H9BrClFO/c1-2-5-13-7-4-3-6(10)9(12)8(7)11/h3-4H,2,5H2,1H3. The van der Waals surface area contributed by atoms with Crippen LogP contribution >= 0.6 is 27.5 Å². The summed E-state index contributed by atoms with van der Waals surface area (Å²) in [5.41, 5.74) is 0. The van der Waals surface area contributed by atoms with E-state index in [4.69, 9.17) is 16.3 Å². The molecule has 0 radical (unpaired) electrons. The minimum Gasteiger partial charge on any atom is -0.492 e. The van der Waals surface area contributed by atoms with Crippen molar-refractivity contribution in [3.8, 4) is 5.75 Å². The maximum absolute atomic E-state index is 13.2. The van der Waals surface area contributed by atoms with E-state index in [0.29, 0.717) is 16.8 Å². The summed E-state index contributed by atoms with van der Waals surface area (Å²) in [6.45, 7) is 2.52. The van der Waals surface area contributed by atoms with E-state index in [1.165, 1.54) is 0 Å². The van der Waals surface area contributed by atoms with E-state index in [9.17, 15) is 4.39 Å². The molecule has 4 heteroatoms. The van der Waals surface area contributed by atoms with Gasteiger partial charge in [-0.1, -0.05) is 18.5 Å². The molecule has 0 amide bonds. The third-order valence-electron chi connectivity index (χ3n) is 1.46. The van der Waals surface area contributed by atoms with E-state index < -0.39 is 5.82 Å². The third kappa shape index (κ3) is 2.58. The van der Waals surface area contributed by atoms with Crippen LogP contribution in [-0.2, 0) is 0 Å². The Morgan fingerprint density at radius 3 is 2.85 bits per heavy atom. The first-order valence-electron chi connectivity index (χ1n) is 3.93. The van der Waals surface area contributed by atoms with Gasteiger partial charge in [-0.15, -0.1) is 0 Å². The van der Waals surface area contributed by atoms with E-state index in [1.54, 1.807) is 12.1 Å². The number of rotatable bonds is 3. The van der Waals surface area contributed by atoms with E-state index in [1.807, 2.05) is 6.92 Å². The zero-order valence-electron chi connectivity index (χ0n) is 7.11. The molecule has 0 atom stereocenters. The SMILES string of the molecule is CCCOc1ccc(Br)c(F)c1Cl. The number of ether oxygens (including phenoxy) is 1. The maximum Gasteiger partial charge on any atom is 0.159 e. The molecule has 0 spiro atoms. The maximum atomic E-state index is 13.2. The molecule has 0 bridgehead atoms. The number of benzene rings is 1. The van der Waals surface area contributed by atoms with Gasteiger partial charge in [0.1, 0.15) is 10.8 Å². The van der Waals surface area contributed by atoms with Crippen molar-refractivity contribution in [3.05, 3.63) is 27.4 Å². The normalized spacial score (nSPS) is 10.2. The van der Waals surface area contributed by atoms with Gasteiger partial charge in [-0.3, -0.25) is 0 Å². The summed E-state index contributed by atoms with van der Waals surface area (Å²) in [4.78, 5) is 0. The Morgan fingerprint density at radius 1 is 1.54 bits per heavy atom. The summed E-state index contributed by atoms with van der Waals surface area (Å²) < 4.78 is 18.7. The quantitative estimate of drug-likeness (QED) is 0.751. The van der Waals surface area contributed by atoms with E-state index in [2.05, 4.69) is 15.9 Å². The smallest absolute Gasteiger partial charge is 0.159 e. The molecule has 0 saturated carbocycles. The number of hydrogen-bond donors (Lipinski definition) is 0. The average Bonchev–Trinajstić information content (AvgIpc) is 2.13. The fraction of sp³-hybridized carbons (Fsp3) is 0.333. The second-order valence-corrected chi connectivity index (χ2v) is 3.75. The molecule has 1 aromatic carbocycles. The Morgan fingerprint density at radius 2 is 2.23 bits per heavy atom. The summed E-state index contributed by atoms with van der Waals surface area (Å²) in [7, 11) is 0. The van der Waals surface area contributed by atoms with Gasteiger partial charge in [0.05, 0.1) is 11.1 Å². The summed E-state index contributed by atoms with van der Waals surface area (Å²) in [6, 6.07) is 3.22. The molecule has 13 heavy (non-hydrogen) atoms. The Labute approximate surface area is 90.0 Å². The molecule has 1 rings (SSSR count). The highest BCUT2D eigenvalue weighted by atomic mass is 79.9. The van der Waals surface area contributed by atoms with Crippen LogP contribution in [0.1, 0.15) is 13.3 Å². The van der Waals surface area contributed by atoms with Crippen LogP contribution in [0, 0.1) is 5.82 Å². The van der Waals surface area contributed by atoms with Gasteiger partial charge in [-0.25, -0.2) is 4.39 Å². The van der Waals surface area contributed by atoms with Crippen molar-refractivity contribution in [1.82, 2.24) is 0 Å². The monoisotopic (exact) mass is 266 g/mol. The van der Waals surface area contributed by atoms with Crippen LogP contribution in [0.15, 0.2) is 16.6 Å². The lowest BCUT2D eigenvalue weighted by Crippen LogP contribution is -1.96. The lowest BCUT2D eigenvalue weighted by molar-refractivity contribution is 0.316. The van der Waals surface area contributed by atoms with Gasteiger partial charge in [-0.2, -0.15) is 0 Å². The lowest BCUT2D eigenvalue weighted by Gasteiger charge is -2.07. The van der Waals surface area contributed by atoms with E-state index in [0.717, 1.165) is 6.42 Å². The number of hydrogen-bond acceptors (Lipinski definition) is 1. The van der Waals surface area contributed by atoms with Crippen molar-refractivity contribution in [2.24, 2.45) is 0 Å². The summed E-state index contributed by atoms with van der Waals surface area (Å²) in [6.07, 6.45) is 0.869. The predicted octanol–water partition coefficient (Wildman–Crippen LogP) is 4.03. The highest BCUT2D eigenvalue weighted by molar-refractivity contribution is 9.10. The van der Waals surface area contributed by atoms with Crippen LogP contribution in [0.5, 0.6) is 5.75 Å². The van der Waals surface area contributed by atoms with E-state index in [-0.39, 0.29) is 5.02 Å². The fourth-order valence-corrected chi connectivity index (χ4v) is 1.50. The molecular formula is C9H9BrClFO. The zero-order valence-corrected chi connectivity index (χ0v) is 9.45. The lowest BCUT2D eigenvalue weighted by atomic mass is 10.3. The second-order valence-electron chi connectivity index (χ2n) is 2.52. The fourth-order valence-electron chi connectivity index (χ4n) is 0.832. The molecule has 72 valence electrons. The molecule has 0 saturated heterocycles. The molecule has 1 nitrogen and oxygen atoms in total. The molecule has 0 aromatic heterocycles. The highest BCUT2D eigenvalue weighted by Gasteiger charge is 2.10. The van der Waals surface area contributed by atoms with Crippen LogP contribution in [0.4, 0.5) is 4.39 Å². The minimum absolute atomic E-state index is 0.0304.